The second kappa shape index (κ2) is 8.40. The normalized spacial score (nSPS) is 10.5. The molecule has 10 heteroatoms. The Morgan fingerprint density at radius 2 is 1.97 bits per heavy atom. The molecule has 0 aromatic carbocycles. The van der Waals surface area contributed by atoms with Gasteiger partial charge in [0.15, 0.2) is 0 Å². The van der Waals surface area contributed by atoms with E-state index in [4.69, 9.17) is 5.73 Å². The van der Waals surface area contributed by atoms with Gasteiger partial charge in [-0.3, -0.25) is 9.78 Å². The molecular weight excluding hydrogens is 388 g/mol. The highest BCUT2D eigenvalue weighted by Gasteiger charge is 2.11. The molecule has 4 N–H and O–H groups in total. The molecule has 0 fully saturated rings. The Balaban J connectivity index is 1.41. The molecule has 1 amide bonds. The van der Waals surface area contributed by atoms with Gasteiger partial charge in [-0.15, -0.1) is 11.3 Å². The number of nitrogen functional groups attached to an aromatic ring is 1. The first-order valence-corrected chi connectivity index (χ1v) is 9.49. The molecule has 4 aromatic heterocycles. The number of nitrogens with two attached hydrogens (primary N) is 1. The number of thiazole rings is 1. The molecule has 0 aliphatic heterocycles. The van der Waals surface area contributed by atoms with Gasteiger partial charge in [0.1, 0.15) is 22.2 Å². The molecule has 0 unspecified atom stereocenters. The summed E-state index contributed by atoms with van der Waals surface area (Å²) in [7, 11) is 0. The summed E-state index contributed by atoms with van der Waals surface area (Å²) in [5.74, 6) is 0.0570. The predicted molar refractivity (Wildman–Crippen MR) is 111 cm³/mol. The molecular formula is C19H16N8OS. The highest BCUT2D eigenvalue weighted by molar-refractivity contribution is 7.13. The fourth-order valence-electron chi connectivity index (χ4n) is 2.51. The van der Waals surface area contributed by atoms with Gasteiger partial charge in [0.25, 0.3) is 5.91 Å². The van der Waals surface area contributed by atoms with Crippen molar-refractivity contribution >= 4 is 34.4 Å². The van der Waals surface area contributed by atoms with Gasteiger partial charge < -0.3 is 16.4 Å². The number of nitrogens with zero attached hydrogens (tertiary/aromatic N) is 5. The first kappa shape index (κ1) is 18.4. The van der Waals surface area contributed by atoms with Crippen molar-refractivity contribution in [2.75, 3.05) is 16.4 Å². The molecule has 144 valence electrons. The molecule has 4 aromatic rings. The smallest absolute Gasteiger partial charge is 0.275 e. The van der Waals surface area contributed by atoms with Crippen molar-refractivity contribution in [3.05, 3.63) is 72.0 Å². The summed E-state index contributed by atoms with van der Waals surface area (Å²) in [6, 6.07) is 7.11. The summed E-state index contributed by atoms with van der Waals surface area (Å²) in [5.41, 5.74) is 8.72. The van der Waals surface area contributed by atoms with Crippen LogP contribution in [0.25, 0.3) is 10.7 Å². The van der Waals surface area contributed by atoms with Gasteiger partial charge >= 0.3 is 0 Å². The van der Waals surface area contributed by atoms with Gasteiger partial charge in [0.2, 0.25) is 0 Å². The Morgan fingerprint density at radius 3 is 2.72 bits per heavy atom. The number of hydrogen-bond acceptors (Lipinski definition) is 9. The molecule has 0 atom stereocenters. The zero-order valence-electron chi connectivity index (χ0n) is 15.1. The minimum atomic E-state index is -0.357. The SMILES string of the molecule is Nc1ncccc1NCc1cc(NC(=O)c2cnc(-c3nccs3)cn2)ccn1. The van der Waals surface area contributed by atoms with Crippen molar-refractivity contribution in [3.8, 4) is 10.7 Å². The molecule has 0 spiro atoms. The number of nitrogens with one attached hydrogen (secondary N) is 2. The molecule has 0 bridgehead atoms. The molecule has 0 aliphatic rings. The summed E-state index contributed by atoms with van der Waals surface area (Å²) in [6.45, 7) is 0.432. The second-order valence-corrected chi connectivity index (χ2v) is 6.80. The van der Waals surface area contributed by atoms with Crippen molar-refractivity contribution in [1.82, 2.24) is 24.9 Å². The van der Waals surface area contributed by atoms with E-state index in [0.29, 0.717) is 23.7 Å². The third kappa shape index (κ3) is 4.50. The van der Waals surface area contributed by atoms with Crippen LogP contribution < -0.4 is 16.4 Å². The Hall–Kier alpha value is -3.92. The number of carbonyl (C=O) groups excluding carboxylic acids is 1. The van der Waals surface area contributed by atoms with Gasteiger partial charge in [-0.05, 0) is 24.3 Å². The van der Waals surface area contributed by atoms with Crippen LogP contribution in [0.15, 0.2) is 60.6 Å². The number of rotatable bonds is 6. The average Bonchev–Trinajstić information content (AvgIpc) is 3.28. The Labute approximate surface area is 170 Å². The van der Waals surface area contributed by atoms with Crippen LogP contribution in [0.3, 0.4) is 0 Å². The third-order valence-electron chi connectivity index (χ3n) is 3.91. The van der Waals surface area contributed by atoms with Crippen LogP contribution in [0.5, 0.6) is 0 Å². The van der Waals surface area contributed by atoms with Crippen LogP contribution in [0.1, 0.15) is 16.2 Å². The lowest BCUT2D eigenvalue weighted by Gasteiger charge is -2.09. The summed E-state index contributed by atoms with van der Waals surface area (Å²) < 4.78 is 0. The zero-order chi connectivity index (χ0) is 20.1. The monoisotopic (exact) mass is 404 g/mol. The van der Waals surface area contributed by atoms with Gasteiger partial charge in [0.05, 0.1) is 30.3 Å². The Morgan fingerprint density at radius 1 is 1.03 bits per heavy atom. The topological polar surface area (TPSA) is 132 Å². The molecule has 4 rings (SSSR count). The van der Waals surface area contributed by atoms with E-state index in [1.165, 1.54) is 23.7 Å². The van der Waals surface area contributed by atoms with Crippen LogP contribution in [0, 0.1) is 0 Å². The molecule has 9 nitrogen and oxygen atoms in total. The number of aromatic nitrogens is 5. The van der Waals surface area contributed by atoms with Crippen molar-refractivity contribution in [2.24, 2.45) is 0 Å². The number of anilines is 3. The van der Waals surface area contributed by atoms with Gasteiger partial charge in [0, 0.05) is 29.7 Å². The van der Waals surface area contributed by atoms with Gasteiger partial charge in [-0.2, -0.15) is 0 Å². The molecule has 0 radical (unpaired) electrons. The summed E-state index contributed by atoms with van der Waals surface area (Å²) >= 11 is 1.46. The van der Waals surface area contributed by atoms with E-state index in [2.05, 4.69) is 35.6 Å². The maximum absolute atomic E-state index is 12.5. The average molecular weight is 404 g/mol. The molecule has 29 heavy (non-hydrogen) atoms. The maximum Gasteiger partial charge on any atom is 0.275 e. The van der Waals surface area contributed by atoms with E-state index in [-0.39, 0.29) is 11.6 Å². The molecule has 4 heterocycles. The number of hydrogen-bond donors (Lipinski definition) is 3. The summed E-state index contributed by atoms with van der Waals surface area (Å²) in [6.07, 6.45) is 7.91. The van der Waals surface area contributed by atoms with E-state index in [1.54, 1.807) is 36.8 Å². The fraction of sp³-hybridized carbons (Fsp3) is 0.0526. The molecule has 0 saturated heterocycles. The first-order chi connectivity index (χ1) is 14.2. The van der Waals surface area contributed by atoms with Gasteiger partial charge in [-0.1, -0.05) is 0 Å². The lowest BCUT2D eigenvalue weighted by molar-refractivity contribution is 0.102. The van der Waals surface area contributed by atoms with Crippen molar-refractivity contribution < 1.29 is 4.79 Å². The minimum absolute atomic E-state index is 0.213. The van der Waals surface area contributed by atoms with E-state index in [9.17, 15) is 4.79 Å². The van der Waals surface area contributed by atoms with Crippen molar-refractivity contribution in [1.29, 1.82) is 0 Å². The number of pyridine rings is 2. The first-order valence-electron chi connectivity index (χ1n) is 8.61. The van der Waals surface area contributed by atoms with E-state index < -0.39 is 0 Å². The van der Waals surface area contributed by atoms with E-state index >= 15 is 0 Å². The summed E-state index contributed by atoms with van der Waals surface area (Å²) in [4.78, 5) is 33.4. The highest BCUT2D eigenvalue weighted by atomic mass is 32.1. The number of carbonyl (C=O) groups is 1. The van der Waals surface area contributed by atoms with Crippen molar-refractivity contribution in [2.45, 2.75) is 6.54 Å². The van der Waals surface area contributed by atoms with Crippen molar-refractivity contribution in [3.63, 3.8) is 0 Å². The number of amides is 1. The summed E-state index contributed by atoms with van der Waals surface area (Å²) in [5, 5.41) is 8.59. The van der Waals surface area contributed by atoms with E-state index in [0.717, 1.165) is 16.4 Å². The predicted octanol–water partition coefficient (Wildman–Crippen LogP) is 2.84. The van der Waals surface area contributed by atoms with Crippen LogP contribution >= 0.6 is 11.3 Å². The van der Waals surface area contributed by atoms with Crippen LogP contribution in [-0.2, 0) is 6.54 Å². The zero-order valence-corrected chi connectivity index (χ0v) is 15.9. The Bertz CT molecular complexity index is 1120. The van der Waals surface area contributed by atoms with E-state index in [1.807, 2.05) is 11.4 Å². The largest absolute Gasteiger partial charge is 0.382 e. The van der Waals surface area contributed by atoms with Crippen LogP contribution in [0.4, 0.5) is 17.2 Å². The quantitative estimate of drug-likeness (QED) is 0.447. The molecule has 0 saturated carbocycles. The second-order valence-electron chi connectivity index (χ2n) is 5.90. The Kier molecular flexibility index (Phi) is 5.34. The fourth-order valence-corrected chi connectivity index (χ4v) is 3.10. The lowest BCUT2D eigenvalue weighted by Crippen LogP contribution is -2.14. The molecule has 0 aliphatic carbocycles. The minimum Gasteiger partial charge on any atom is -0.382 e. The van der Waals surface area contributed by atoms with Crippen LogP contribution in [-0.4, -0.2) is 30.8 Å². The van der Waals surface area contributed by atoms with Crippen LogP contribution in [0.2, 0.25) is 0 Å². The highest BCUT2D eigenvalue weighted by Crippen LogP contribution is 2.19. The standard InChI is InChI=1S/C19H16N8OS/c20-17-14(2-1-4-22-17)24-9-13-8-12(3-5-21-13)27-18(28)15-10-26-16(11-25-15)19-23-6-7-29-19/h1-8,10-11,24H,9H2,(H2,20,22)(H,21,27,28). The van der Waals surface area contributed by atoms with Gasteiger partial charge in [-0.25, -0.2) is 19.9 Å². The third-order valence-corrected chi connectivity index (χ3v) is 4.70. The maximum atomic E-state index is 12.5. The lowest BCUT2D eigenvalue weighted by atomic mass is 10.3.